The number of carbonyl (C=O) groups excluding carboxylic acids is 2. The molecule has 1 aromatic rings. The molecule has 4 aliphatic rings. The predicted molar refractivity (Wildman–Crippen MR) is 120 cm³/mol. The zero-order valence-corrected chi connectivity index (χ0v) is 19.0. The molecule has 4 heteroatoms. The minimum atomic E-state index is -0.519. The molecule has 4 aliphatic carbocycles. The van der Waals surface area contributed by atoms with Crippen molar-refractivity contribution in [3.8, 4) is 0 Å². The highest BCUT2D eigenvalue weighted by molar-refractivity contribution is 5.97. The maximum Gasteiger partial charge on any atom is 0.251 e. The number of carbonyl (C=O) groups is 2. The average molecular weight is 411 g/mol. The van der Waals surface area contributed by atoms with Gasteiger partial charge in [-0.25, -0.2) is 0 Å². The summed E-state index contributed by atoms with van der Waals surface area (Å²) in [6.45, 7) is 7.97. The molecule has 4 nitrogen and oxygen atoms in total. The summed E-state index contributed by atoms with van der Waals surface area (Å²) in [6, 6.07) is 7.89. The van der Waals surface area contributed by atoms with E-state index in [1.807, 2.05) is 39.8 Å². The van der Waals surface area contributed by atoms with Crippen molar-refractivity contribution in [1.29, 1.82) is 0 Å². The molecule has 2 amide bonds. The van der Waals surface area contributed by atoms with E-state index in [0.29, 0.717) is 11.0 Å². The molecule has 2 N–H and O–H groups in total. The van der Waals surface area contributed by atoms with Crippen LogP contribution >= 0.6 is 0 Å². The van der Waals surface area contributed by atoms with Crippen LogP contribution in [0.1, 0.15) is 88.6 Å². The highest BCUT2D eigenvalue weighted by Gasteiger charge is 2.51. The summed E-state index contributed by atoms with van der Waals surface area (Å²) in [4.78, 5) is 25.5. The van der Waals surface area contributed by atoms with Crippen LogP contribution in [0.15, 0.2) is 24.3 Å². The van der Waals surface area contributed by atoms with Gasteiger partial charge in [0, 0.05) is 11.6 Å². The van der Waals surface area contributed by atoms with Gasteiger partial charge in [0.25, 0.3) is 5.91 Å². The lowest BCUT2D eigenvalue weighted by Crippen LogP contribution is -2.51. The van der Waals surface area contributed by atoms with Crippen molar-refractivity contribution in [3.05, 3.63) is 35.4 Å². The zero-order valence-electron chi connectivity index (χ0n) is 19.0. The molecular formula is C26H38N2O2. The normalized spacial score (nSPS) is 31.4. The fourth-order valence-corrected chi connectivity index (χ4v) is 6.63. The van der Waals surface area contributed by atoms with E-state index in [0.717, 1.165) is 24.2 Å². The maximum atomic E-state index is 12.9. The molecule has 4 fully saturated rings. The molecule has 0 spiro atoms. The molecule has 0 aliphatic heterocycles. The molecule has 1 aromatic carbocycles. The fourth-order valence-electron chi connectivity index (χ4n) is 6.63. The molecule has 5 rings (SSSR count). The van der Waals surface area contributed by atoms with Crippen molar-refractivity contribution in [2.45, 2.75) is 90.1 Å². The third kappa shape index (κ3) is 4.15. The van der Waals surface area contributed by atoms with Crippen LogP contribution in [0.4, 0.5) is 0 Å². The minimum absolute atomic E-state index is 0.0318. The zero-order chi connectivity index (χ0) is 21.5. The van der Waals surface area contributed by atoms with E-state index in [-0.39, 0.29) is 23.8 Å². The molecule has 4 saturated carbocycles. The van der Waals surface area contributed by atoms with Crippen LogP contribution in [0, 0.1) is 23.7 Å². The van der Waals surface area contributed by atoms with Gasteiger partial charge in [-0.15, -0.1) is 0 Å². The Bertz CT molecular complexity index is 747. The molecule has 0 unspecified atom stereocenters. The van der Waals surface area contributed by atoms with Gasteiger partial charge in [-0.1, -0.05) is 32.9 Å². The Balaban J connectivity index is 1.44. The van der Waals surface area contributed by atoms with Crippen LogP contribution < -0.4 is 10.6 Å². The van der Waals surface area contributed by atoms with Crippen LogP contribution in [0.5, 0.6) is 0 Å². The van der Waals surface area contributed by atoms with Gasteiger partial charge in [-0.3, -0.25) is 9.59 Å². The second kappa shape index (κ2) is 8.36. The molecule has 164 valence electrons. The molecule has 4 bridgehead atoms. The van der Waals surface area contributed by atoms with Gasteiger partial charge in [-0.05, 0) is 98.7 Å². The number of hydrogen-bond donors (Lipinski definition) is 2. The molecule has 2 atom stereocenters. The summed E-state index contributed by atoms with van der Waals surface area (Å²) in [7, 11) is 0. The Labute approximate surface area is 181 Å². The van der Waals surface area contributed by atoms with E-state index in [9.17, 15) is 9.59 Å². The molecule has 0 aromatic heterocycles. The number of hydrogen-bond acceptors (Lipinski definition) is 2. The smallest absolute Gasteiger partial charge is 0.251 e. The third-order valence-corrected chi connectivity index (χ3v) is 8.03. The van der Waals surface area contributed by atoms with E-state index in [2.05, 4.69) is 22.8 Å². The summed E-state index contributed by atoms with van der Waals surface area (Å²) < 4.78 is 0. The van der Waals surface area contributed by atoms with Crippen LogP contribution in [-0.4, -0.2) is 23.9 Å². The van der Waals surface area contributed by atoms with Crippen molar-refractivity contribution in [3.63, 3.8) is 0 Å². The van der Waals surface area contributed by atoms with Gasteiger partial charge < -0.3 is 10.6 Å². The van der Waals surface area contributed by atoms with Crippen molar-refractivity contribution in [2.24, 2.45) is 23.7 Å². The van der Waals surface area contributed by atoms with E-state index < -0.39 is 6.04 Å². The lowest BCUT2D eigenvalue weighted by Gasteiger charge is -2.57. The van der Waals surface area contributed by atoms with Gasteiger partial charge in [0.2, 0.25) is 5.91 Å². The van der Waals surface area contributed by atoms with Gasteiger partial charge >= 0.3 is 0 Å². The predicted octanol–water partition coefficient (Wildman–Crippen LogP) is 4.82. The number of benzene rings is 1. The average Bonchev–Trinajstić information content (AvgIpc) is 2.70. The highest BCUT2D eigenvalue weighted by atomic mass is 16.2. The van der Waals surface area contributed by atoms with E-state index in [4.69, 9.17) is 0 Å². The molecule has 30 heavy (non-hydrogen) atoms. The van der Waals surface area contributed by atoms with Crippen LogP contribution in [0.3, 0.4) is 0 Å². The monoisotopic (exact) mass is 410 g/mol. The van der Waals surface area contributed by atoms with Gasteiger partial charge in [0.15, 0.2) is 0 Å². The summed E-state index contributed by atoms with van der Waals surface area (Å²) >= 11 is 0. The van der Waals surface area contributed by atoms with Crippen LogP contribution in [0.25, 0.3) is 0 Å². The van der Waals surface area contributed by atoms with Crippen LogP contribution in [0.2, 0.25) is 0 Å². The molecular weight excluding hydrogens is 372 g/mol. The quantitative estimate of drug-likeness (QED) is 0.677. The second-order valence-electron chi connectivity index (χ2n) is 10.8. The summed E-state index contributed by atoms with van der Waals surface area (Å²) in [5.41, 5.74) is 2.42. The lowest BCUT2D eigenvalue weighted by atomic mass is 9.48. The third-order valence-electron chi connectivity index (χ3n) is 8.03. The lowest BCUT2D eigenvalue weighted by molar-refractivity contribution is -0.124. The standard InChI is InChI=1S/C26H38N2O2/c1-5-17(4)27-25(30)23(16(2)3)28-24(29)21-6-8-22(9-7-21)26-13-18-10-19(14-26)12-20(11-18)15-26/h6-9,16-20,23H,5,10-15H2,1-4H3,(H,27,30)(H,28,29)/t17-,18?,19?,20?,23-,26?/m1/s1. The first kappa shape index (κ1) is 21.4. The first-order valence-electron chi connectivity index (χ1n) is 12.0. The van der Waals surface area contributed by atoms with E-state index in [1.165, 1.54) is 44.1 Å². The molecule has 0 saturated heterocycles. The number of rotatable bonds is 7. The van der Waals surface area contributed by atoms with Crippen molar-refractivity contribution in [1.82, 2.24) is 10.6 Å². The Morgan fingerprint density at radius 1 is 0.933 bits per heavy atom. The summed E-state index contributed by atoms with van der Waals surface area (Å²) in [5.74, 6) is 2.51. The first-order chi connectivity index (χ1) is 14.3. The fraction of sp³-hybridized carbons (Fsp3) is 0.692. The number of amides is 2. The molecule has 0 radical (unpaired) electrons. The Morgan fingerprint density at radius 2 is 1.47 bits per heavy atom. The van der Waals surface area contributed by atoms with Gasteiger partial charge in [0.1, 0.15) is 6.04 Å². The highest BCUT2D eigenvalue weighted by Crippen LogP contribution is 2.60. The SMILES string of the molecule is CC[C@@H](C)NC(=O)[C@H](NC(=O)c1ccc(C23CC4CC(CC(C4)C2)C3)cc1)C(C)C. The van der Waals surface area contributed by atoms with Crippen molar-refractivity contribution >= 4 is 11.8 Å². The second-order valence-corrected chi connectivity index (χ2v) is 10.8. The van der Waals surface area contributed by atoms with E-state index >= 15 is 0 Å². The maximum absolute atomic E-state index is 12.9. The van der Waals surface area contributed by atoms with Crippen molar-refractivity contribution < 1.29 is 9.59 Å². The van der Waals surface area contributed by atoms with Gasteiger partial charge in [-0.2, -0.15) is 0 Å². The molecule has 0 heterocycles. The Hall–Kier alpha value is -1.84. The summed E-state index contributed by atoms with van der Waals surface area (Å²) in [5, 5.41) is 5.96. The minimum Gasteiger partial charge on any atom is -0.352 e. The van der Waals surface area contributed by atoms with Crippen molar-refractivity contribution in [2.75, 3.05) is 0 Å². The largest absolute Gasteiger partial charge is 0.352 e. The van der Waals surface area contributed by atoms with Gasteiger partial charge in [0.05, 0.1) is 0 Å². The Morgan fingerprint density at radius 3 is 1.93 bits per heavy atom. The number of nitrogens with one attached hydrogen (secondary N) is 2. The topological polar surface area (TPSA) is 58.2 Å². The van der Waals surface area contributed by atoms with Crippen LogP contribution in [-0.2, 0) is 10.2 Å². The summed E-state index contributed by atoms with van der Waals surface area (Å²) in [6.07, 6.45) is 9.18. The Kier molecular flexibility index (Phi) is 5.96. The first-order valence-corrected chi connectivity index (χ1v) is 12.0. The van der Waals surface area contributed by atoms with E-state index in [1.54, 1.807) is 0 Å².